The van der Waals surface area contributed by atoms with Crippen molar-refractivity contribution in [1.82, 2.24) is 0 Å². The van der Waals surface area contributed by atoms with Gasteiger partial charge in [-0.1, -0.05) is 6.42 Å². The molecule has 2 heteroatoms. The van der Waals surface area contributed by atoms with Crippen molar-refractivity contribution >= 4 is 16.8 Å². The second-order valence-corrected chi connectivity index (χ2v) is 4.42. The van der Waals surface area contributed by atoms with Crippen LogP contribution in [0.2, 0.25) is 0 Å². The molecule has 2 bridgehead atoms. The Morgan fingerprint density at radius 3 is 2.64 bits per heavy atom. The third-order valence-electron chi connectivity index (χ3n) is 3.31. The van der Waals surface area contributed by atoms with Crippen LogP contribution in [0.5, 0.6) is 0 Å². The molecule has 0 heterocycles. The van der Waals surface area contributed by atoms with Gasteiger partial charge in [0.15, 0.2) is 0 Å². The van der Waals surface area contributed by atoms with Gasteiger partial charge in [-0.25, -0.2) is 0 Å². The highest BCUT2D eigenvalue weighted by molar-refractivity contribution is 6.63. The average molecular weight is 173 g/mol. The Labute approximate surface area is 72.1 Å². The van der Waals surface area contributed by atoms with E-state index < -0.39 is 0 Å². The largest absolute Gasteiger partial charge is 0.281 e. The molecule has 3 unspecified atom stereocenters. The SMILES string of the molecule is O=C(Cl)CC1CC2CCC1C2. The van der Waals surface area contributed by atoms with Crippen molar-refractivity contribution < 1.29 is 4.79 Å². The zero-order valence-corrected chi connectivity index (χ0v) is 7.31. The van der Waals surface area contributed by atoms with Crippen LogP contribution in [-0.4, -0.2) is 5.24 Å². The smallest absolute Gasteiger partial charge is 0.221 e. The molecule has 2 aliphatic rings. The van der Waals surface area contributed by atoms with Crippen molar-refractivity contribution in [1.29, 1.82) is 0 Å². The second-order valence-electron chi connectivity index (χ2n) is 3.99. The van der Waals surface area contributed by atoms with Crippen LogP contribution in [0.25, 0.3) is 0 Å². The third-order valence-corrected chi connectivity index (χ3v) is 3.46. The molecule has 2 aliphatic carbocycles. The molecule has 0 aromatic rings. The minimum absolute atomic E-state index is 0.137. The van der Waals surface area contributed by atoms with Crippen LogP contribution in [0.4, 0.5) is 0 Å². The molecule has 2 saturated carbocycles. The first kappa shape index (κ1) is 7.60. The van der Waals surface area contributed by atoms with E-state index >= 15 is 0 Å². The van der Waals surface area contributed by atoms with Gasteiger partial charge in [0.25, 0.3) is 0 Å². The first-order chi connectivity index (χ1) is 5.25. The van der Waals surface area contributed by atoms with E-state index in [9.17, 15) is 4.79 Å². The van der Waals surface area contributed by atoms with E-state index in [2.05, 4.69) is 0 Å². The molecular formula is C9H13ClO. The average Bonchev–Trinajstić information content (AvgIpc) is 2.45. The molecule has 2 rings (SSSR count). The van der Waals surface area contributed by atoms with Crippen molar-refractivity contribution in [2.24, 2.45) is 17.8 Å². The quantitative estimate of drug-likeness (QED) is 0.586. The molecule has 0 N–H and O–H groups in total. The summed E-state index contributed by atoms with van der Waals surface area (Å²) in [6.45, 7) is 0. The molecular weight excluding hydrogens is 160 g/mol. The van der Waals surface area contributed by atoms with Crippen LogP contribution >= 0.6 is 11.6 Å². The fourth-order valence-corrected chi connectivity index (χ4v) is 3.03. The van der Waals surface area contributed by atoms with Crippen molar-refractivity contribution in [3.63, 3.8) is 0 Å². The summed E-state index contributed by atoms with van der Waals surface area (Å²) in [5.74, 6) is 2.41. The van der Waals surface area contributed by atoms with Gasteiger partial charge in [0.2, 0.25) is 5.24 Å². The summed E-state index contributed by atoms with van der Waals surface area (Å²) in [6.07, 6.45) is 6.01. The van der Waals surface area contributed by atoms with Crippen molar-refractivity contribution in [3.8, 4) is 0 Å². The van der Waals surface area contributed by atoms with Crippen LogP contribution in [0.15, 0.2) is 0 Å². The van der Waals surface area contributed by atoms with E-state index in [1.165, 1.54) is 25.7 Å². The fourth-order valence-electron chi connectivity index (χ4n) is 2.83. The molecule has 0 saturated heterocycles. The minimum Gasteiger partial charge on any atom is -0.281 e. The Kier molecular flexibility index (Phi) is 1.92. The van der Waals surface area contributed by atoms with E-state index in [0.29, 0.717) is 12.3 Å². The van der Waals surface area contributed by atoms with E-state index in [-0.39, 0.29) is 5.24 Å². The van der Waals surface area contributed by atoms with Crippen LogP contribution in [0, 0.1) is 17.8 Å². The predicted molar refractivity (Wildman–Crippen MR) is 44.4 cm³/mol. The molecule has 11 heavy (non-hydrogen) atoms. The lowest BCUT2D eigenvalue weighted by atomic mass is 9.87. The maximum Gasteiger partial charge on any atom is 0.221 e. The molecule has 0 amide bonds. The monoisotopic (exact) mass is 172 g/mol. The fraction of sp³-hybridized carbons (Fsp3) is 0.889. The Bertz CT molecular complexity index is 178. The van der Waals surface area contributed by atoms with Crippen molar-refractivity contribution in [3.05, 3.63) is 0 Å². The maximum absolute atomic E-state index is 10.6. The number of halogens is 1. The first-order valence-corrected chi connectivity index (χ1v) is 4.82. The summed E-state index contributed by atoms with van der Waals surface area (Å²) in [4.78, 5) is 10.6. The zero-order chi connectivity index (χ0) is 7.84. The number of fused-ring (bicyclic) bond motifs is 2. The molecule has 2 fully saturated rings. The molecule has 0 aliphatic heterocycles. The lowest BCUT2D eigenvalue weighted by Crippen LogP contribution is -2.12. The summed E-state index contributed by atoms with van der Waals surface area (Å²) >= 11 is 5.36. The van der Waals surface area contributed by atoms with Crippen molar-refractivity contribution in [2.75, 3.05) is 0 Å². The first-order valence-electron chi connectivity index (χ1n) is 4.44. The Morgan fingerprint density at radius 2 is 2.18 bits per heavy atom. The molecule has 0 aromatic carbocycles. The molecule has 0 spiro atoms. The molecule has 3 atom stereocenters. The number of rotatable bonds is 2. The van der Waals surface area contributed by atoms with Gasteiger partial charge in [-0.05, 0) is 48.6 Å². The highest BCUT2D eigenvalue weighted by Crippen LogP contribution is 2.49. The minimum atomic E-state index is -0.137. The number of hydrogen-bond donors (Lipinski definition) is 0. The van der Waals surface area contributed by atoms with Gasteiger partial charge in [-0.2, -0.15) is 0 Å². The zero-order valence-electron chi connectivity index (χ0n) is 6.55. The van der Waals surface area contributed by atoms with Crippen molar-refractivity contribution in [2.45, 2.75) is 32.1 Å². The predicted octanol–water partition coefficient (Wildman–Crippen LogP) is 2.58. The highest BCUT2D eigenvalue weighted by Gasteiger charge is 2.39. The van der Waals surface area contributed by atoms with E-state index in [4.69, 9.17) is 11.6 Å². The second kappa shape index (κ2) is 2.78. The highest BCUT2D eigenvalue weighted by atomic mass is 35.5. The summed E-state index contributed by atoms with van der Waals surface area (Å²) in [6, 6.07) is 0. The maximum atomic E-state index is 10.6. The van der Waals surface area contributed by atoms with Crippen LogP contribution in [0.3, 0.4) is 0 Å². The Hall–Kier alpha value is -0.0400. The third kappa shape index (κ3) is 1.44. The topological polar surface area (TPSA) is 17.1 Å². The van der Waals surface area contributed by atoms with E-state index in [0.717, 1.165) is 11.8 Å². The lowest BCUT2D eigenvalue weighted by Gasteiger charge is -2.19. The number of hydrogen-bond acceptors (Lipinski definition) is 1. The van der Waals surface area contributed by atoms with Crippen LogP contribution < -0.4 is 0 Å². The van der Waals surface area contributed by atoms with Gasteiger partial charge >= 0.3 is 0 Å². The van der Waals surface area contributed by atoms with Gasteiger partial charge in [0.05, 0.1) is 0 Å². The molecule has 0 radical (unpaired) electrons. The van der Waals surface area contributed by atoms with E-state index in [1.807, 2.05) is 0 Å². The summed E-state index contributed by atoms with van der Waals surface area (Å²) < 4.78 is 0. The number of carbonyl (C=O) groups excluding carboxylic acids is 1. The molecule has 1 nitrogen and oxygen atoms in total. The van der Waals surface area contributed by atoms with Crippen LogP contribution in [-0.2, 0) is 4.79 Å². The number of carbonyl (C=O) groups is 1. The molecule has 62 valence electrons. The van der Waals surface area contributed by atoms with Gasteiger partial charge in [0, 0.05) is 6.42 Å². The Morgan fingerprint density at radius 1 is 1.36 bits per heavy atom. The van der Waals surface area contributed by atoms with Crippen LogP contribution in [0.1, 0.15) is 32.1 Å². The summed E-state index contributed by atoms with van der Waals surface area (Å²) in [5, 5.41) is -0.137. The van der Waals surface area contributed by atoms with E-state index in [1.54, 1.807) is 0 Å². The summed E-state index contributed by atoms with van der Waals surface area (Å²) in [7, 11) is 0. The molecule has 0 aromatic heterocycles. The van der Waals surface area contributed by atoms with Gasteiger partial charge < -0.3 is 0 Å². The lowest BCUT2D eigenvalue weighted by molar-refractivity contribution is -0.112. The summed E-state index contributed by atoms with van der Waals surface area (Å²) in [5.41, 5.74) is 0. The van der Waals surface area contributed by atoms with Gasteiger partial charge in [0.1, 0.15) is 0 Å². The normalized spacial score (nSPS) is 41.4. The standard InChI is InChI=1S/C9H13ClO/c10-9(11)5-8-4-6-1-2-7(8)3-6/h6-8H,1-5H2. The van der Waals surface area contributed by atoms with Gasteiger partial charge in [-0.15, -0.1) is 0 Å². The Balaban J connectivity index is 1.92. The van der Waals surface area contributed by atoms with Gasteiger partial charge in [-0.3, -0.25) is 4.79 Å².